The van der Waals surface area contributed by atoms with Crippen molar-refractivity contribution < 1.29 is 17.6 Å². The lowest BCUT2D eigenvalue weighted by Gasteiger charge is -2.13. The van der Waals surface area contributed by atoms with Crippen molar-refractivity contribution in [3.63, 3.8) is 0 Å². The van der Waals surface area contributed by atoms with Gasteiger partial charge in [-0.1, -0.05) is 6.07 Å². The van der Waals surface area contributed by atoms with Gasteiger partial charge in [-0.15, -0.1) is 0 Å². The van der Waals surface area contributed by atoms with E-state index in [-0.39, 0.29) is 17.0 Å². The molecule has 0 aliphatic heterocycles. The first-order valence-electron chi connectivity index (χ1n) is 7.79. The minimum Gasteiger partial charge on any atom is -0.351 e. The third-order valence-corrected chi connectivity index (χ3v) is 3.85. The first-order chi connectivity index (χ1) is 12.4. The molecule has 2 N–H and O–H groups in total. The fourth-order valence-corrected chi connectivity index (χ4v) is 2.40. The quantitative estimate of drug-likeness (QED) is 0.684. The van der Waals surface area contributed by atoms with E-state index in [0.29, 0.717) is 23.6 Å². The van der Waals surface area contributed by atoms with E-state index in [9.17, 15) is 17.6 Å². The summed E-state index contributed by atoms with van der Waals surface area (Å²) in [4.78, 5) is 16.4. The molecule has 1 aromatic carbocycles. The Balaban J connectivity index is 1.73. The molecule has 0 saturated heterocycles. The van der Waals surface area contributed by atoms with Crippen LogP contribution in [0.2, 0.25) is 0 Å². The highest BCUT2D eigenvalue weighted by atomic mass is 19.4. The molecule has 134 valence electrons. The van der Waals surface area contributed by atoms with Gasteiger partial charge in [0.1, 0.15) is 17.4 Å². The van der Waals surface area contributed by atoms with Gasteiger partial charge in [-0.2, -0.15) is 13.2 Å². The number of anilines is 3. The van der Waals surface area contributed by atoms with Gasteiger partial charge in [0.2, 0.25) is 5.95 Å². The van der Waals surface area contributed by atoms with E-state index >= 15 is 0 Å². The molecule has 26 heavy (non-hydrogen) atoms. The number of nitrogens with zero attached hydrogens (tertiary/aromatic N) is 4. The van der Waals surface area contributed by atoms with Crippen LogP contribution in [0, 0.1) is 5.82 Å². The lowest BCUT2D eigenvalue weighted by molar-refractivity contribution is -0.139. The van der Waals surface area contributed by atoms with Crippen molar-refractivity contribution in [1.82, 2.24) is 19.9 Å². The molecule has 3 aromatic rings. The SMILES string of the molecule is Fc1c(Nc2ncnc3cnc(NC4CC4)nc23)cccc1C(F)(F)F. The van der Waals surface area contributed by atoms with E-state index in [2.05, 4.69) is 30.6 Å². The summed E-state index contributed by atoms with van der Waals surface area (Å²) in [7, 11) is 0. The van der Waals surface area contributed by atoms with Crippen LogP contribution in [0.25, 0.3) is 11.0 Å². The first kappa shape index (κ1) is 16.4. The van der Waals surface area contributed by atoms with Crippen LogP contribution in [0.3, 0.4) is 0 Å². The molecule has 2 heterocycles. The van der Waals surface area contributed by atoms with Gasteiger partial charge >= 0.3 is 6.18 Å². The van der Waals surface area contributed by atoms with Crippen LogP contribution in [0.1, 0.15) is 18.4 Å². The molecule has 6 nitrogen and oxygen atoms in total. The number of halogens is 4. The monoisotopic (exact) mass is 364 g/mol. The Kier molecular flexibility index (Phi) is 3.82. The van der Waals surface area contributed by atoms with Gasteiger partial charge in [0.25, 0.3) is 0 Å². The van der Waals surface area contributed by atoms with E-state index in [1.807, 2.05) is 0 Å². The second kappa shape index (κ2) is 6.04. The number of rotatable bonds is 4. The Bertz CT molecular complexity index is 971. The molecular weight excluding hydrogens is 352 g/mol. The van der Waals surface area contributed by atoms with Crippen LogP contribution < -0.4 is 10.6 Å². The Hall–Kier alpha value is -3.04. The number of fused-ring (bicyclic) bond motifs is 1. The van der Waals surface area contributed by atoms with Crippen LogP contribution in [-0.2, 0) is 6.18 Å². The number of hydrogen-bond donors (Lipinski definition) is 2. The van der Waals surface area contributed by atoms with Crippen LogP contribution in [0.15, 0.2) is 30.7 Å². The molecule has 0 atom stereocenters. The number of hydrogen-bond acceptors (Lipinski definition) is 6. The standard InChI is InChI=1S/C16H12F4N6/c17-12-9(16(18,19)20)2-1-3-10(12)25-14-13-11(22-7-23-14)6-21-15(26-13)24-8-4-5-8/h1-3,6-8H,4-5H2,(H,21,24,26)(H,22,23,25). The minimum atomic E-state index is -4.79. The molecule has 0 amide bonds. The Morgan fingerprint density at radius 1 is 1.08 bits per heavy atom. The highest BCUT2D eigenvalue weighted by molar-refractivity contribution is 5.87. The first-order valence-corrected chi connectivity index (χ1v) is 7.79. The normalized spacial score (nSPS) is 14.5. The number of benzene rings is 1. The van der Waals surface area contributed by atoms with E-state index in [4.69, 9.17) is 0 Å². The molecule has 1 saturated carbocycles. The fourth-order valence-electron chi connectivity index (χ4n) is 2.40. The zero-order chi connectivity index (χ0) is 18.3. The van der Waals surface area contributed by atoms with Crippen molar-refractivity contribution in [3.05, 3.63) is 42.1 Å². The Morgan fingerprint density at radius 2 is 1.88 bits per heavy atom. The highest BCUT2D eigenvalue weighted by Crippen LogP contribution is 2.35. The molecule has 1 fully saturated rings. The summed E-state index contributed by atoms with van der Waals surface area (Å²) in [6, 6.07) is 3.31. The molecule has 1 aliphatic rings. The van der Waals surface area contributed by atoms with E-state index in [1.54, 1.807) is 0 Å². The van der Waals surface area contributed by atoms with Crippen LogP contribution >= 0.6 is 0 Å². The van der Waals surface area contributed by atoms with Gasteiger partial charge in [-0.3, -0.25) is 0 Å². The summed E-state index contributed by atoms with van der Waals surface area (Å²) in [6.07, 6.45) is -0.0740. The molecule has 10 heteroatoms. The molecule has 2 aromatic heterocycles. The topological polar surface area (TPSA) is 75.6 Å². The third kappa shape index (κ3) is 3.22. The van der Waals surface area contributed by atoms with Crippen molar-refractivity contribution in [2.24, 2.45) is 0 Å². The molecular formula is C16H12F4N6. The lowest BCUT2D eigenvalue weighted by atomic mass is 10.1. The number of aromatic nitrogens is 4. The average molecular weight is 364 g/mol. The van der Waals surface area contributed by atoms with Crippen molar-refractivity contribution >= 4 is 28.5 Å². The van der Waals surface area contributed by atoms with E-state index in [1.165, 1.54) is 18.6 Å². The van der Waals surface area contributed by atoms with Gasteiger partial charge in [-0.25, -0.2) is 24.3 Å². The van der Waals surface area contributed by atoms with Gasteiger partial charge in [0.15, 0.2) is 11.6 Å². The Morgan fingerprint density at radius 3 is 2.62 bits per heavy atom. The number of nitrogens with one attached hydrogen (secondary N) is 2. The van der Waals surface area contributed by atoms with Crippen molar-refractivity contribution in [2.45, 2.75) is 25.1 Å². The lowest BCUT2D eigenvalue weighted by Crippen LogP contribution is -2.10. The van der Waals surface area contributed by atoms with Crippen molar-refractivity contribution in [3.8, 4) is 0 Å². The summed E-state index contributed by atoms with van der Waals surface area (Å²) in [6.45, 7) is 0. The minimum absolute atomic E-state index is 0.0921. The zero-order valence-electron chi connectivity index (χ0n) is 13.2. The van der Waals surface area contributed by atoms with Gasteiger partial charge in [0, 0.05) is 6.04 Å². The molecule has 4 rings (SSSR count). The molecule has 0 spiro atoms. The maximum absolute atomic E-state index is 14.2. The predicted molar refractivity (Wildman–Crippen MR) is 86.5 cm³/mol. The van der Waals surface area contributed by atoms with Crippen LogP contribution in [0.5, 0.6) is 0 Å². The summed E-state index contributed by atoms with van der Waals surface area (Å²) >= 11 is 0. The largest absolute Gasteiger partial charge is 0.419 e. The second-order valence-electron chi connectivity index (χ2n) is 5.86. The average Bonchev–Trinajstić information content (AvgIpc) is 3.40. The maximum Gasteiger partial charge on any atom is 0.419 e. The van der Waals surface area contributed by atoms with Crippen molar-refractivity contribution in [1.29, 1.82) is 0 Å². The smallest absolute Gasteiger partial charge is 0.351 e. The highest BCUT2D eigenvalue weighted by Gasteiger charge is 2.35. The second-order valence-corrected chi connectivity index (χ2v) is 5.86. The summed E-state index contributed by atoms with van der Waals surface area (Å²) < 4.78 is 52.9. The van der Waals surface area contributed by atoms with Crippen LogP contribution in [0.4, 0.5) is 35.0 Å². The third-order valence-electron chi connectivity index (χ3n) is 3.85. The van der Waals surface area contributed by atoms with Gasteiger partial charge in [0.05, 0.1) is 17.4 Å². The van der Waals surface area contributed by atoms with Gasteiger partial charge < -0.3 is 10.6 Å². The molecule has 0 radical (unpaired) electrons. The molecule has 1 aliphatic carbocycles. The van der Waals surface area contributed by atoms with Gasteiger partial charge in [-0.05, 0) is 25.0 Å². The van der Waals surface area contributed by atoms with Crippen molar-refractivity contribution in [2.75, 3.05) is 10.6 Å². The molecule has 0 bridgehead atoms. The summed E-state index contributed by atoms with van der Waals surface area (Å²) in [5.41, 5.74) is -1.04. The Labute approximate surface area is 144 Å². The summed E-state index contributed by atoms with van der Waals surface area (Å²) in [5.74, 6) is -0.950. The maximum atomic E-state index is 14.2. The number of alkyl halides is 3. The van der Waals surface area contributed by atoms with Crippen LogP contribution in [-0.4, -0.2) is 26.0 Å². The van der Waals surface area contributed by atoms with E-state index in [0.717, 1.165) is 18.9 Å². The van der Waals surface area contributed by atoms with E-state index < -0.39 is 17.6 Å². The zero-order valence-corrected chi connectivity index (χ0v) is 13.2. The fraction of sp³-hybridized carbons (Fsp3) is 0.250. The predicted octanol–water partition coefficient (Wildman–Crippen LogP) is 3.90. The summed E-state index contributed by atoms with van der Waals surface area (Å²) in [5, 5.41) is 5.69. The molecule has 0 unspecified atom stereocenters.